The molecule has 1 aromatic heterocycles. The summed E-state index contributed by atoms with van der Waals surface area (Å²) in [6, 6.07) is -0.835. The van der Waals surface area contributed by atoms with Crippen molar-refractivity contribution in [1.82, 2.24) is 4.57 Å². The van der Waals surface area contributed by atoms with Gasteiger partial charge in [-0.2, -0.15) is 0 Å². The summed E-state index contributed by atoms with van der Waals surface area (Å²) < 4.78 is 39.2. The van der Waals surface area contributed by atoms with Gasteiger partial charge in [0.25, 0.3) is 0 Å². The van der Waals surface area contributed by atoms with Gasteiger partial charge in [0.15, 0.2) is 17.3 Å². The van der Waals surface area contributed by atoms with E-state index >= 15 is 0 Å². The fourth-order valence-electron chi connectivity index (χ4n) is 2.98. The van der Waals surface area contributed by atoms with E-state index in [1.807, 2.05) is 0 Å². The maximum Gasteiger partial charge on any atom is 0.343 e. The highest BCUT2D eigenvalue weighted by atomic mass is 19.1. The molecular weight excluding hydrogens is 368 g/mol. The van der Waals surface area contributed by atoms with Gasteiger partial charge >= 0.3 is 11.7 Å². The van der Waals surface area contributed by atoms with Crippen molar-refractivity contribution in [2.45, 2.75) is 25.6 Å². The Bertz CT molecular complexity index is 1040. The molecule has 144 valence electrons. The molecule has 2 aromatic rings. The van der Waals surface area contributed by atoms with Crippen LogP contribution in [0.4, 0.5) is 20.2 Å². The average Bonchev–Trinajstić information content (AvgIpc) is 3.33. The first-order valence-corrected chi connectivity index (χ1v) is 7.93. The standard InChI is InChI=1S/C16H15F2N3O6/c1-3-27-16(23)6-5-20(8-4-7(8)17)13-9(14(6)22)12(21(24)25)11(19)10(18)15(13)26-2/h5,7-8H,3-4,19H2,1-2H3. The largest absolute Gasteiger partial charge is 0.491 e. The van der Waals surface area contributed by atoms with Gasteiger partial charge in [-0.05, 0) is 6.92 Å². The number of carbonyl (C=O) groups is 1. The number of nitro groups is 1. The molecule has 0 spiro atoms. The molecule has 0 bridgehead atoms. The number of nitro benzene ring substituents is 1. The third-order valence-electron chi connectivity index (χ3n) is 4.30. The van der Waals surface area contributed by atoms with Gasteiger partial charge in [0.2, 0.25) is 5.43 Å². The minimum atomic E-state index is -1.32. The predicted molar refractivity (Wildman–Crippen MR) is 90.3 cm³/mol. The van der Waals surface area contributed by atoms with Crippen molar-refractivity contribution in [3.05, 3.63) is 37.9 Å². The van der Waals surface area contributed by atoms with Gasteiger partial charge in [0, 0.05) is 12.6 Å². The second-order valence-electron chi connectivity index (χ2n) is 5.91. The van der Waals surface area contributed by atoms with E-state index in [0.717, 1.165) is 17.9 Å². The van der Waals surface area contributed by atoms with E-state index in [-0.39, 0.29) is 18.5 Å². The molecule has 0 amide bonds. The van der Waals surface area contributed by atoms with Crippen LogP contribution >= 0.6 is 0 Å². The molecular formula is C16H15F2N3O6. The van der Waals surface area contributed by atoms with Crippen molar-refractivity contribution in [2.75, 3.05) is 19.5 Å². The highest BCUT2D eigenvalue weighted by molar-refractivity contribution is 6.02. The van der Waals surface area contributed by atoms with Crippen molar-refractivity contribution >= 4 is 28.2 Å². The average molecular weight is 383 g/mol. The molecule has 1 saturated carbocycles. The second kappa shape index (κ2) is 6.49. The maximum absolute atomic E-state index is 14.6. The zero-order valence-corrected chi connectivity index (χ0v) is 14.3. The van der Waals surface area contributed by atoms with Gasteiger partial charge < -0.3 is 19.8 Å². The minimum absolute atomic E-state index is 0.0309. The van der Waals surface area contributed by atoms with Crippen LogP contribution in [-0.2, 0) is 4.74 Å². The topological polar surface area (TPSA) is 127 Å². The van der Waals surface area contributed by atoms with Crippen LogP contribution in [0.1, 0.15) is 29.7 Å². The van der Waals surface area contributed by atoms with Gasteiger partial charge in [-0.1, -0.05) is 0 Å². The number of rotatable bonds is 5. The number of nitrogens with two attached hydrogens (primary N) is 1. The number of nitrogen functional groups attached to an aromatic ring is 1. The Kier molecular flexibility index (Phi) is 4.46. The zero-order valence-electron chi connectivity index (χ0n) is 14.3. The lowest BCUT2D eigenvalue weighted by Gasteiger charge is -2.17. The van der Waals surface area contributed by atoms with Crippen molar-refractivity contribution in [3.8, 4) is 5.75 Å². The van der Waals surface area contributed by atoms with Gasteiger partial charge in [-0.25, -0.2) is 13.6 Å². The summed E-state index contributed by atoms with van der Waals surface area (Å²) in [4.78, 5) is 35.4. The smallest absolute Gasteiger partial charge is 0.343 e. The lowest BCUT2D eigenvalue weighted by atomic mass is 10.1. The van der Waals surface area contributed by atoms with E-state index in [4.69, 9.17) is 15.2 Å². The normalized spacial score (nSPS) is 18.4. The molecule has 0 saturated heterocycles. The molecule has 9 nitrogen and oxygen atoms in total. The van der Waals surface area contributed by atoms with Gasteiger partial charge in [0.05, 0.1) is 24.7 Å². The SMILES string of the molecule is CCOC(=O)c1cn(C2CC2F)c2c(OC)c(F)c(N)c([N+](=O)[O-])c2c1=O. The highest BCUT2D eigenvalue weighted by Gasteiger charge is 2.42. The molecule has 2 N–H and O–H groups in total. The van der Waals surface area contributed by atoms with Crippen LogP contribution in [0.2, 0.25) is 0 Å². The predicted octanol–water partition coefficient (Wildman–Crippen LogP) is 2.10. The van der Waals surface area contributed by atoms with Crippen LogP contribution in [0.5, 0.6) is 5.75 Å². The lowest BCUT2D eigenvalue weighted by molar-refractivity contribution is -0.382. The zero-order chi connectivity index (χ0) is 20.0. The Balaban J connectivity index is 2.55. The summed E-state index contributed by atoms with van der Waals surface area (Å²) in [5, 5.41) is 10.8. The summed E-state index contributed by atoms with van der Waals surface area (Å²) in [6.07, 6.45) is -0.284. The first-order valence-electron chi connectivity index (χ1n) is 7.93. The number of hydrogen-bond acceptors (Lipinski definition) is 7. The third kappa shape index (κ3) is 2.75. The van der Waals surface area contributed by atoms with Crippen molar-refractivity contribution in [2.24, 2.45) is 0 Å². The fourth-order valence-corrected chi connectivity index (χ4v) is 2.98. The number of carbonyl (C=O) groups excluding carboxylic acids is 1. The Morgan fingerprint density at radius 2 is 2.15 bits per heavy atom. The number of hydrogen-bond donors (Lipinski definition) is 1. The summed E-state index contributed by atoms with van der Waals surface area (Å²) in [5.41, 5.74) is 1.64. The molecule has 1 aliphatic rings. The Morgan fingerprint density at radius 1 is 1.52 bits per heavy atom. The number of ether oxygens (including phenoxy) is 2. The third-order valence-corrected chi connectivity index (χ3v) is 4.30. The van der Waals surface area contributed by atoms with Crippen molar-refractivity contribution in [3.63, 3.8) is 0 Å². The number of esters is 1. The Hall–Kier alpha value is -3.24. The number of benzene rings is 1. The summed E-state index contributed by atoms with van der Waals surface area (Å²) in [6.45, 7) is 1.46. The number of alkyl halides is 1. The first kappa shape index (κ1) is 18.5. The molecule has 2 unspecified atom stereocenters. The number of nitrogens with zero attached hydrogens (tertiary/aromatic N) is 2. The molecule has 2 atom stereocenters. The number of fused-ring (bicyclic) bond motifs is 1. The van der Waals surface area contributed by atoms with E-state index in [0.29, 0.717) is 0 Å². The Morgan fingerprint density at radius 3 is 2.63 bits per heavy atom. The molecule has 1 aromatic carbocycles. The van der Waals surface area contributed by atoms with Crippen LogP contribution in [0, 0.1) is 15.9 Å². The van der Waals surface area contributed by atoms with Crippen molar-refractivity contribution < 1.29 is 28.0 Å². The number of pyridine rings is 1. The molecule has 1 heterocycles. The van der Waals surface area contributed by atoms with Crippen LogP contribution in [0.15, 0.2) is 11.0 Å². The number of anilines is 1. The summed E-state index contributed by atoms with van der Waals surface area (Å²) >= 11 is 0. The molecule has 1 fully saturated rings. The van der Waals surface area contributed by atoms with Crippen molar-refractivity contribution in [1.29, 1.82) is 0 Å². The Labute approximate surface area is 150 Å². The number of methoxy groups -OCH3 is 1. The maximum atomic E-state index is 14.6. The fraction of sp³-hybridized carbons (Fsp3) is 0.375. The van der Waals surface area contributed by atoms with E-state index in [1.54, 1.807) is 0 Å². The monoisotopic (exact) mass is 383 g/mol. The first-order chi connectivity index (χ1) is 12.7. The summed E-state index contributed by atoms with van der Waals surface area (Å²) in [5.74, 6) is -2.82. The van der Waals surface area contributed by atoms with Crippen LogP contribution in [0.25, 0.3) is 10.9 Å². The number of halogens is 2. The van der Waals surface area contributed by atoms with E-state index in [1.165, 1.54) is 6.92 Å². The van der Waals surface area contributed by atoms with Gasteiger partial charge in [0.1, 0.15) is 22.6 Å². The molecule has 0 radical (unpaired) electrons. The van der Waals surface area contributed by atoms with Gasteiger partial charge in [-0.15, -0.1) is 0 Å². The van der Waals surface area contributed by atoms with Crippen LogP contribution in [-0.4, -0.2) is 35.3 Å². The van der Waals surface area contributed by atoms with Crippen LogP contribution < -0.4 is 15.9 Å². The molecule has 11 heteroatoms. The lowest BCUT2D eigenvalue weighted by Crippen LogP contribution is -2.23. The van der Waals surface area contributed by atoms with Gasteiger partial charge in [-0.3, -0.25) is 14.9 Å². The quantitative estimate of drug-likeness (QED) is 0.362. The van der Waals surface area contributed by atoms with E-state index < -0.39 is 62.4 Å². The minimum Gasteiger partial charge on any atom is -0.491 e. The number of aromatic nitrogens is 1. The van der Waals surface area contributed by atoms with E-state index in [2.05, 4.69) is 0 Å². The van der Waals surface area contributed by atoms with Crippen LogP contribution in [0.3, 0.4) is 0 Å². The summed E-state index contributed by atoms with van der Waals surface area (Å²) in [7, 11) is 1.08. The molecule has 1 aliphatic carbocycles. The van der Waals surface area contributed by atoms with E-state index in [9.17, 15) is 28.5 Å². The second-order valence-corrected chi connectivity index (χ2v) is 5.91. The highest BCUT2D eigenvalue weighted by Crippen LogP contribution is 2.46. The molecule has 3 rings (SSSR count). The molecule has 0 aliphatic heterocycles. The molecule has 27 heavy (non-hydrogen) atoms.